The molecule has 8 N–H and O–H groups in total. The summed E-state index contributed by atoms with van der Waals surface area (Å²) in [4.78, 5) is 45.0. The monoisotopic (exact) mass is 525 g/mol. The van der Waals surface area contributed by atoms with Gasteiger partial charge in [0.1, 0.15) is 5.82 Å². The molecule has 0 spiro atoms. The van der Waals surface area contributed by atoms with E-state index in [0.29, 0.717) is 44.5 Å². The van der Waals surface area contributed by atoms with Gasteiger partial charge >= 0.3 is 11.7 Å². The number of anilines is 1. The van der Waals surface area contributed by atoms with Crippen molar-refractivity contribution in [3.8, 4) is 5.69 Å². The molecule has 12 heteroatoms. The maximum atomic E-state index is 12.7. The number of nitrogens with one attached hydrogen (secondary N) is 2. The summed E-state index contributed by atoms with van der Waals surface area (Å²) in [7, 11) is 0. The van der Waals surface area contributed by atoms with Gasteiger partial charge in [-0.1, -0.05) is 12.1 Å². The summed E-state index contributed by atoms with van der Waals surface area (Å²) in [6, 6.07) is 9.43. The fourth-order valence-corrected chi connectivity index (χ4v) is 4.99. The van der Waals surface area contributed by atoms with Crippen LogP contribution in [0.15, 0.2) is 41.3 Å². The lowest BCUT2D eigenvalue weighted by molar-refractivity contribution is -0.137. The summed E-state index contributed by atoms with van der Waals surface area (Å²) in [6.07, 6.45) is 4.28. The Hall–Kier alpha value is -3.32. The maximum Gasteiger partial charge on any atom is 0.354 e. The van der Waals surface area contributed by atoms with E-state index in [4.69, 9.17) is 17.2 Å². The van der Waals surface area contributed by atoms with E-state index in [1.54, 1.807) is 35.9 Å². The van der Waals surface area contributed by atoms with Crippen molar-refractivity contribution in [3.63, 3.8) is 0 Å². The Balaban J connectivity index is 1.30. The number of benzene rings is 1. The van der Waals surface area contributed by atoms with Gasteiger partial charge < -0.3 is 32.3 Å². The van der Waals surface area contributed by atoms with E-state index < -0.39 is 11.2 Å². The summed E-state index contributed by atoms with van der Waals surface area (Å²) < 4.78 is 1.42. The number of amides is 3. The number of hydrogen-bond acceptors (Lipinski definition) is 8. The molecular weight excluding hydrogens is 486 g/mol. The molecule has 1 saturated heterocycles. The molecule has 38 heavy (non-hydrogen) atoms. The smallest absolute Gasteiger partial charge is 0.338 e. The second kappa shape index (κ2) is 11.6. The van der Waals surface area contributed by atoms with Gasteiger partial charge in [-0.3, -0.25) is 14.7 Å². The highest BCUT2D eigenvalue weighted by molar-refractivity contribution is 5.89. The first-order chi connectivity index (χ1) is 18.0. The first-order valence-electron chi connectivity index (χ1n) is 13.1. The Morgan fingerprint density at radius 3 is 2.16 bits per heavy atom. The van der Waals surface area contributed by atoms with Crippen molar-refractivity contribution >= 4 is 17.8 Å². The van der Waals surface area contributed by atoms with Gasteiger partial charge in [0.15, 0.2) is 0 Å². The summed E-state index contributed by atoms with van der Waals surface area (Å²) in [5.41, 5.74) is 18.4. The van der Waals surface area contributed by atoms with E-state index in [2.05, 4.69) is 15.6 Å². The highest BCUT2D eigenvalue weighted by atomic mass is 16.2. The highest BCUT2D eigenvalue weighted by Crippen LogP contribution is 2.17. The van der Waals surface area contributed by atoms with Crippen molar-refractivity contribution < 1.29 is 9.59 Å². The number of urea groups is 1. The number of hydrogen-bond donors (Lipinski definition) is 5. The van der Waals surface area contributed by atoms with E-state index >= 15 is 0 Å². The van der Waals surface area contributed by atoms with Crippen LogP contribution in [0.3, 0.4) is 0 Å². The number of rotatable bonds is 6. The van der Waals surface area contributed by atoms with E-state index in [0.717, 1.165) is 24.8 Å². The van der Waals surface area contributed by atoms with Gasteiger partial charge in [-0.2, -0.15) is 4.98 Å². The molecule has 0 unspecified atom stereocenters. The molecule has 1 aromatic carbocycles. The Bertz CT molecular complexity index is 1170. The Morgan fingerprint density at radius 1 is 0.974 bits per heavy atom. The molecule has 0 bridgehead atoms. The molecular formula is C26H39N9O3. The maximum absolute atomic E-state index is 12.7. The largest absolute Gasteiger partial charge is 0.354 e. The van der Waals surface area contributed by atoms with Crippen molar-refractivity contribution in [2.75, 3.05) is 31.5 Å². The van der Waals surface area contributed by atoms with Crippen LogP contribution in [0.1, 0.15) is 38.7 Å². The van der Waals surface area contributed by atoms with Gasteiger partial charge in [0, 0.05) is 57.0 Å². The van der Waals surface area contributed by atoms with Crippen LogP contribution in [-0.4, -0.2) is 81.1 Å². The highest BCUT2D eigenvalue weighted by Gasteiger charge is 2.31. The normalized spacial score (nSPS) is 22.3. The van der Waals surface area contributed by atoms with Crippen LogP contribution < -0.4 is 33.5 Å². The molecule has 0 radical (unpaired) electrons. The Morgan fingerprint density at radius 2 is 1.58 bits per heavy atom. The standard InChI is InChI=1S/C26H39N9O3/c1-26(2,29)23(36)33-9-11-34(12-10-33)24(37)31-22-7-8-35(25(38)32-22)21-5-3-17(4-6-21)16-30-20-14-18(27)13-19(28)15-20/h3-8,18-20,30H,9-16,27-29H2,1-2H3,(H,31,32,37,38)/t18-,19+,20-. The number of carbonyl (C=O) groups is 2. The molecule has 12 nitrogen and oxygen atoms in total. The van der Waals surface area contributed by atoms with E-state index in [-0.39, 0.29) is 29.8 Å². The van der Waals surface area contributed by atoms with Crippen LogP contribution in [0.2, 0.25) is 0 Å². The number of piperazine rings is 1. The number of nitrogens with two attached hydrogens (primary N) is 3. The zero-order chi connectivity index (χ0) is 27.4. The summed E-state index contributed by atoms with van der Waals surface area (Å²) in [5.74, 6) is 0.0217. The van der Waals surface area contributed by atoms with Gasteiger partial charge in [0.25, 0.3) is 0 Å². The van der Waals surface area contributed by atoms with Gasteiger partial charge in [-0.05, 0) is 56.9 Å². The first-order valence-corrected chi connectivity index (χ1v) is 13.1. The third-order valence-corrected chi connectivity index (χ3v) is 7.03. The Kier molecular flexibility index (Phi) is 8.46. The van der Waals surface area contributed by atoms with Crippen LogP contribution in [0.25, 0.3) is 5.69 Å². The third-order valence-electron chi connectivity index (χ3n) is 7.03. The molecule has 2 aliphatic rings. The van der Waals surface area contributed by atoms with E-state index in [9.17, 15) is 14.4 Å². The molecule has 1 aromatic heterocycles. The molecule has 206 valence electrons. The lowest BCUT2D eigenvalue weighted by atomic mass is 9.88. The second-order valence-corrected chi connectivity index (χ2v) is 10.9. The summed E-state index contributed by atoms with van der Waals surface area (Å²) >= 11 is 0. The minimum absolute atomic E-state index is 0.135. The van der Waals surface area contributed by atoms with Gasteiger partial charge in [-0.15, -0.1) is 0 Å². The molecule has 2 aromatic rings. The molecule has 2 fully saturated rings. The van der Waals surface area contributed by atoms with Gasteiger partial charge in [0.2, 0.25) is 5.91 Å². The SMILES string of the molecule is CC(C)(N)C(=O)N1CCN(C(=O)Nc2ccn(-c3ccc(CN[C@@H]4C[C@H](N)C[C@H](N)C4)cc3)c(=O)n2)CC1. The van der Waals surface area contributed by atoms with Gasteiger partial charge in [0.05, 0.1) is 11.2 Å². The molecule has 3 atom stereocenters. The fourth-order valence-electron chi connectivity index (χ4n) is 4.99. The molecule has 2 heterocycles. The average molecular weight is 526 g/mol. The lowest BCUT2D eigenvalue weighted by Crippen LogP contribution is -2.58. The number of nitrogens with zero attached hydrogens (tertiary/aromatic N) is 4. The predicted octanol–water partition coefficient (Wildman–Crippen LogP) is -0.0574. The van der Waals surface area contributed by atoms with Crippen LogP contribution >= 0.6 is 0 Å². The topological polar surface area (TPSA) is 178 Å². The Labute approximate surface area is 222 Å². The van der Waals surface area contributed by atoms with Crippen molar-refractivity contribution in [1.82, 2.24) is 24.7 Å². The summed E-state index contributed by atoms with van der Waals surface area (Å²) in [5, 5.41) is 6.20. The molecule has 3 amide bonds. The van der Waals surface area contributed by atoms with Crippen molar-refractivity contribution in [3.05, 3.63) is 52.6 Å². The molecule has 1 aliphatic carbocycles. The van der Waals surface area contributed by atoms with E-state index in [1.165, 1.54) is 4.57 Å². The van der Waals surface area contributed by atoms with Crippen molar-refractivity contribution in [1.29, 1.82) is 0 Å². The van der Waals surface area contributed by atoms with Crippen LogP contribution in [0, 0.1) is 0 Å². The quantitative estimate of drug-likeness (QED) is 0.348. The predicted molar refractivity (Wildman–Crippen MR) is 146 cm³/mol. The third kappa shape index (κ3) is 6.95. The minimum atomic E-state index is -0.951. The van der Waals surface area contributed by atoms with Crippen LogP contribution in [0.4, 0.5) is 10.6 Å². The van der Waals surface area contributed by atoms with E-state index in [1.807, 2.05) is 24.3 Å². The van der Waals surface area contributed by atoms with Crippen LogP contribution in [0.5, 0.6) is 0 Å². The molecule has 1 aliphatic heterocycles. The average Bonchev–Trinajstić information content (AvgIpc) is 2.86. The number of aromatic nitrogens is 2. The molecule has 4 rings (SSSR count). The van der Waals surface area contributed by atoms with Crippen molar-refractivity contribution in [2.45, 2.75) is 63.3 Å². The lowest BCUT2D eigenvalue weighted by Gasteiger charge is -2.37. The number of carbonyl (C=O) groups excluding carboxylic acids is 2. The summed E-state index contributed by atoms with van der Waals surface area (Å²) in [6.45, 7) is 5.55. The van der Waals surface area contributed by atoms with Gasteiger partial charge in [-0.25, -0.2) is 9.59 Å². The first kappa shape index (κ1) is 27.7. The fraction of sp³-hybridized carbons (Fsp3) is 0.538. The minimum Gasteiger partial charge on any atom is -0.338 e. The zero-order valence-corrected chi connectivity index (χ0v) is 22.1. The second-order valence-electron chi connectivity index (χ2n) is 10.9. The molecule has 1 saturated carbocycles. The zero-order valence-electron chi connectivity index (χ0n) is 22.1. The van der Waals surface area contributed by atoms with Crippen LogP contribution in [-0.2, 0) is 11.3 Å². The van der Waals surface area contributed by atoms with Crippen molar-refractivity contribution in [2.24, 2.45) is 17.2 Å².